The Morgan fingerprint density at radius 3 is 1.45 bits per heavy atom. The van der Waals surface area contributed by atoms with Crippen molar-refractivity contribution in [3.8, 4) is 11.1 Å². The normalized spacial score (nSPS) is 16.0. The largest absolute Gasteiger partial charge is 0.462 e. The lowest BCUT2D eigenvalue weighted by atomic mass is 9.98. The molecule has 53 heavy (non-hydrogen) atoms. The molecular weight excluding hydrogens is 665 g/mol. The standard InChI is InChI=1S/C45H42N2O6/c1-5-8-27-47-41(35-17-13-10-14-18-35)39(45(51)53-7-3)37(43(47)49)29-31-21-25-33(26-22-31)32-23-19-30(20-24-32)28-36-38(44(50)52-6-2)40(46(4)42(36)48)34-15-11-9-12-16-34/h9-26,28-29H,5-8,27H2,1-4H3/b36-28?,37-29-. The lowest BCUT2D eigenvalue weighted by Crippen LogP contribution is -2.26. The van der Waals surface area contributed by atoms with Crippen molar-refractivity contribution in [1.82, 2.24) is 9.80 Å². The summed E-state index contributed by atoms with van der Waals surface area (Å²) in [6.45, 7) is 6.43. The van der Waals surface area contributed by atoms with Crippen LogP contribution in [-0.2, 0) is 28.7 Å². The van der Waals surface area contributed by atoms with Crippen LogP contribution in [0.4, 0.5) is 0 Å². The molecule has 4 aromatic rings. The Labute approximate surface area is 310 Å². The molecule has 0 aromatic heterocycles. The maximum Gasteiger partial charge on any atom is 0.341 e. The smallest absolute Gasteiger partial charge is 0.341 e. The van der Waals surface area contributed by atoms with Gasteiger partial charge in [-0.3, -0.25) is 9.59 Å². The van der Waals surface area contributed by atoms with Crippen molar-refractivity contribution >= 4 is 47.3 Å². The minimum absolute atomic E-state index is 0.186. The second-order valence-electron chi connectivity index (χ2n) is 12.7. The molecule has 268 valence electrons. The molecule has 0 saturated carbocycles. The molecule has 0 radical (unpaired) electrons. The first-order valence-electron chi connectivity index (χ1n) is 18.0. The molecule has 0 atom stereocenters. The van der Waals surface area contributed by atoms with Gasteiger partial charge in [-0.1, -0.05) is 123 Å². The van der Waals surface area contributed by atoms with Gasteiger partial charge in [0.1, 0.15) is 0 Å². The number of benzene rings is 4. The molecule has 2 amide bonds. The number of carbonyl (C=O) groups excluding carboxylic acids is 4. The van der Waals surface area contributed by atoms with Gasteiger partial charge in [0.25, 0.3) is 11.8 Å². The van der Waals surface area contributed by atoms with Crippen LogP contribution in [0.5, 0.6) is 0 Å². The maximum atomic E-state index is 13.9. The second-order valence-corrected chi connectivity index (χ2v) is 12.7. The molecule has 8 nitrogen and oxygen atoms in total. The SMILES string of the molecule is CCCCN1C(=O)/C(=C\c2ccc(-c3ccc(C=C4C(=O)N(C)C(c5ccccc5)=C4C(=O)OCC)cc3)cc2)C(C(=O)OCC)=C1c1ccccc1. The third-order valence-electron chi connectivity index (χ3n) is 9.19. The molecule has 6 rings (SSSR count). The van der Waals surface area contributed by atoms with Crippen molar-refractivity contribution in [2.24, 2.45) is 0 Å². The molecule has 0 spiro atoms. The van der Waals surface area contributed by atoms with Gasteiger partial charge in [-0.25, -0.2) is 9.59 Å². The van der Waals surface area contributed by atoms with Gasteiger partial charge in [0.05, 0.1) is 46.9 Å². The fraction of sp³-hybridized carbons (Fsp3) is 0.200. The Kier molecular flexibility index (Phi) is 11.3. The van der Waals surface area contributed by atoms with E-state index < -0.39 is 11.9 Å². The van der Waals surface area contributed by atoms with Crippen molar-refractivity contribution in [3.05, 3.63) is 154 Å². The summed E-state index contributed by atoms with van der Waals surface area (Å²) in [6, 6.07) is 34.3. The van der Waals surface area contributed by atoms with E-state index in [2.05, 4.69) is 6.92 Å². The monoisotopic (exact) mass is 706 g/mol. The molecule has 0 fully saturated rings. The van der Waals surface area contributed by atoms with Gasteiger partial charge in [0.15, 0.2) is 0 Å². The topological polar surface area (TPSA) is 93.2 Å². The Hall–Kier alpha value is -6.28. The molecule has 0 N–H and O–H groups in total. The number of amides is 2. The summed E-state index contributed by atoms with van der Waals surface area (Å²) in [6.07, 6.45) is 5.18. The minimum atomic E-state index is -0.545. The summed E-state index contributed by atoms with van der Waals surface area (Å²) < 4.78 is 10.9. The third kappa shape index (κ3) is 7.53. The van der Waals surface area contributed by atoms with Gasteiger partial charge in [-0.2, -0.15) is 0 Å². The summed E-state index contributed by atoms with van der Waals surface area (Å²) in [7, 11) is 1.66. The van der Waals surface area contributed by atoms with Gasteiger partial charge >= 0.3 is 11.9 Å². The van der Waals surface area contributed by atoms with E-state index in [4.69, 9.17) is 9.47 Å². The number of hydrogen-bond acceptors (Lipinski definition) is 6. The summed E-state index contributed by atoms with van der Waals surface area (Å²) in [5.74, 6) is -1.58. The highest BCUT2D eigenvalue weighted by Crippen LogP contribution is 2.39. The van der Waals surface area contributed by atoms with E-state index in [1.165, 1.54) is 4.90 Å². The van der Waals surface area contributed by atoms with E-state index in [9.17, 15) is 19.2 Å². The number of esters is 2. The molecule has 2 heterocycles. The van der Waals surface area contributed by atoms with Crippen LogP contribution in [0.25, 0.3) is 34.7 Å². The van der Waals surface area contributed by atoms with Crippen LogP contribution in [0, 0.1) is 0 Å². The van der Waals surface area contributed by atoms with Crippen molar-refractivity contribution < 1.29 is 28.7 Å². The van der Waals surface area contributed by atoms with Crippen LogP contribution >= 0.6 is 0 Å². The fourth-order valence-electron chi connectivity index (χ4n) is 6.63. The van der Waals surface area contributed by atoms with Gasteiger partial charge in [0, 0.05) is 13.6 Å². The fourth-order valence-corrected chi connectivity index (χ4v) is 6.63. The highest BCUT2D eigenvalue weighted by Gasteiger charge is 2.40. The summed E-state index contributed by atoms with van der Waals surface area (Å²) in [4.78, 5) is 57.2. The van der Waals surface area contributed by atoms with E-state index in [1.54, 1.807) is 37.9 Å². The molecule has 0 saturated heterocycles. The first kappa shape index (κ1) is 36.5. The van der Waals surface area contributed by atoms with Crippen LogP contribution in [-0.4, -0.2) is 60.4 Å². The summed E-state index contributed by atoms with van der Waals surface area (Å²) in [5, 5.41) is 0. The third-order valence-corrected chi connectivity index (χ3v) is 9.19. The molecule has 0 unspecified atom stereocenters. The first-order valence-corrected chi connectivity index (χ1v) is 18.0. The maximum absolute atomic E-state index is 13.9. The van der Waals surface area contributed by atoms with E-state index in [0.717, 1.165) is 46.2 Å². The molecule has 0 aliphatic carbocycles. The van der Waals surface area contributed by atoms with Gasteiger partial charge < -0.3 is 19.3 Å². The van der Waals surface area contributed by atoms with Crippen LogP contribution in [0.15, 0.2) is 131 Å². The van der Waals surface area contributed by atoms with E-state index in [-0.39, 0.29) is 41.7 Å². The van der Waals surface area contributed by atoms with E-state index >= 15 is 0 Å². The van der Waals surface area contributed by atoms with Crippen molar-refractivity contribution in [3.63, 3.8) is 0 Å². The number of unbranched alkanes of at least 4 members (excludes halogenated alkanes) is 1. The van der Waals surface area contributed by atoms with Gasteiger partial charge in [0.2, 0.25) is 0 Å². The zero-order valence-corrected chi connectivity index (χ0v) is 30.4. The van der Waals surface area contributed by atoms with E-state index in [1.807, 2.05) is 109 Å². The molecule has 2 aliphatic heterocycles. The van der Waals surface area contributed by atoms with Crippen molar-refractivity contribution in [2.75, 3.05) is 26.8 Å². The lowest BCUT2D eigenvalue weighted by molar-refractivity contribution is -0.139. The number of ether oxygens (including phenoxy) is 2. The number of likely N-dealkylation sites (N-methyl/N-ethyl adjacent to an activating group) is 1. The predicted octanol–water partition coefficient (Wildman–Crippen LogP) is 8.18. The Morgan fingerprint density at radius 2 is 1.00 bits per heavy atom. The number of hydrogen-bond donors (Lipinski definition) is 0. The first-order chi connectivity index (χ1) is 25.8. The second kappa shape index (κ2) is 16.4. The molecule has 8 heteroatoms. The van der Waals surface area contributed by atoms with Gasteiger partial charge in [-0.05, 0) is 65.8 Å². The van der Waals surface area contributed by atoms with Crippen LogP contribution in [0.3, 0.4) is 0 Å². The quantitative estimate of drug-likeness (QED) is 0.109. The predicted molar refractivity (Wildman–Crippen MR) is 207 cm³/mol. The van der Waals surface area contributed by atoms with Crippen molar-refractivity contribution in [1.29, 1.82) is 0 Å². The van der Waals surface area contributed by atoms with Crippen molar-refractivity contribution in [2.45, 2.75) is 33.6 Å². The van der Waals surface area contributed by atoms with Gasteiger partial charge in [-0.15, -0.1) is 0 Å². The average molecular weight is 707 g/mol. The number of rotatable bonds is 12. The van der Waals surface area contributed by atoms with E-state index in [0.29, 0.717) is 23.5 Å². The Bertz CT molecular complexity index is 2140. The average Bonchev–Trinajstić information content (AvgIpc) is 3.60. The molecule has 2 aliphatic rings. The highest BCUT2D eigenvalue weighted by atomic mass is 16.5. The molecule has 0 bridgehead atoms. The summed E-state index contributed by atoms with van der Waals surface area (Å²) >= 11 is 0. The van der Waals surface area contributed by atoms with Crippen LogP contribution in [0.2, 0.25) is 0 Å². The Balaban J connectivity index is 1.31. The number of carbonyl (C=O) groups is 4. The minimum Gasteiger partial charge on any atom is -0.462 e. The zero-order valence-electron chi connectivity index (χ0n) is 30.4. The zero-order chi connectivity index (χ0) is 37.5. The highest BCUT2D eigenvalue weighted by molar-refractivity contribution is 6.24. The molecule has 4 aromatic carbocycles. The Morgan fingerprint density at radius 1 is 0.566 bits per heavy atom. The summed E-state index contributed by atoms with van der Waals surface area (Å²) in [5.41, 5.74) is 7.12. The van der Waals surface area contributed by atoms with Crippen LogP contribution in [0.1, 0.15) is 55.9 Å². The number of nitrogens with zero attached hydrogens (tertiary/aromatic N) is 2. The van der Waals surface area contributed by atoms with Crippen LogP contribution < -0.4 is 0 Å². The molecular formula is C45H42N2O6. The lowest BCUT2D eigenvalue weighted by Gasteiger charge is -2.20.